The van der Waals surface area contributed by atoms with E-state index in [1.807, 2.05) is 6.07 Å². The zero-order valence-corrected chi connectivity index (χ0v) is 9.31. The summed E-state index contributed by atoms with van der Waals surface area (Å²) in [6.45, 7) is 0. The van der Waals surface area contributed by atoms with Gasteiger partial charge in [-0.05, 0) is 31.4 Å². The van der Waals surface area contributed by atoms with E-state index < -0.39 is 5.97 Å². The van der Waals surface area contributed by atoms with Gasteiger partial charge < -0.3 is 10.4 Å². The van der Waals surface area contributed by atoms with Crippen molar-refractivity contribution in [3.8, 4) is 6.07 Å². The third-order valence-electron chi connectivity index (χ3n) is 3.09. The van der Waals surface area contributed by atoms with Crippen LogP contribution in [0.3, 0.4) is 0 Å². The van der Waals surface area contributed by atoms with Crippen molar-refractivity contribution in [1.82, 2.24) is 4.98 Å². The standard InChI is InChI=1S/C12H13N3O2/c13-7-9-2-3-10(14-8-9)15-12(4-1-5-12)6-11(16)17/h2-3,8H,1,4-6H2,(H,14,15)(H,16,17). The molecule has 0 saturated heterocycles. The van der Waals surface area contributed by atoms with E-state index in [2.05, 4.69) is 10.3 Å². The van der Waals surface area contributed by atoms with Crippen LogP contribution in [0.4, 0.5) is 5.82 Å². The monoisotopic (exact) mass is 231 g/mol. The van der Waals surface area contributed by atoms with Gasteiger partial charge >= 0.3 is 5.97 Å². The third-order valence-corrected chi connectivity index (χ3v) is 3.09. The number of aromatic nitrogens is 1. The predicted molar refractivity (Wildman–Crippen MR) is 61.4 cm³/mol. The van der Waals surface area contributed by atoms with Crippen molar-refractivity contribution >= 4 is 11.8 Å². The molecule has 0 aliphatic heterocycles. The normalized spacial score (nSPS) is 16.6. The molecule has 2 N–H and O–H groups in total. The van der Waals surface area contributed by atoms with E-state index in [-0.39, 0.29) is 12.0 Å². The highest BCUT2D eigenvalue weighted by atomic mass is 16.4. The van der Waals surface area contributed by atoms with Crippen LogP contribution in [-0.4, -0.2) is 21.6 Å². The van der Waals surface area contributed by atoms with Crippen molar-refractivity contribution in [3.05, 3.63) is 23.9 Å². The maximum Gasteiger partial charge on any atom is 0.305 e. The van der Waals surface area contributed by atoms with Gasteiger partial charge in [0.2, 0.25) is 0 Å². The Morgan fingerprint density at radius 1 is 1.59 bits per heavy atom. The van der Waals surface area contributed by atoms with E-state index in [0.29, 0.717) is 11.4 Å². The summed E-state index contributed by atoms with van der Waals surface area (Å²) in [7, 11) is 0. The minimum atomic E-state index is -0.800. The van der Waals surface area contributed by atoms with Gasteiger partial charge in [-0.25, -0.2) is 4.98 Å². The van der Waals surface area contributed by atoms with Gasteiger partial charge in [0.25, 0.3) is 0 Å². The Morgan fingerprint density at radius 2 is 2.35 bits per heavy atom. The molecule has 0 amide bonds. The predicted octanol–water partition coefficient (Wildman–Crippen LogP) is 1.76. The Bertz CT molecular complexity index is 458. The minimum Gasteiger partial charge on any atom is -0.481 e. The largest absolute Gasteiger partial charge is 0.481 e. The van der Waals surface area contributed by atoms with Gasteiger partial charge in [0.05, 0.1) is 12.0 Å². The van der Waals surface area contributed by atoms with E-state index in [1.165, 1.54) is 6.20 Å². The molecule has 0 spiro atoms. The Labute approximate surface area is 99.1 Å². The fourth-order valence-corrected chi connectivity index (χ4v) is 2.04. The van der Waals surface area contributed by atoms with Crippen molar-refractivity contribution in [2.24, 2.45) is 0 Å². The average molecular weight is 231 g/mol. The highest BCUT2D eigenvalue weighted by Gasteiger charge is 2.39. The first kappa shape index (κ1) is 11.4. The molecule has 1 saturated carbocycles. The number of aliphatic carboxylic acids is 1. The summed E-state index contributed by atoms with van der Waals surface area (Å²) in [4.78, 5) is 14.9. The first-order valence-electron chi connectivity index (χ1n) is 5.50. The molecule has 1 aromatic heterocycles. The van der Waals surface area contributed by atoms with Crippen molar-refractivity contribution in [2.45, 2.75) is 31.2 Å². The van der Waals surface area contributed by atoms with Gasteiger partial charge in [-0.15, -0.1) is 0 Å². The van der Waals surface area contributed by atoms with E-state index in [9.17, 15) is 4.79 Å². The number of carboxylic acid groups (broad SMARTS) is 1. The molecule has 2 rings (SSSR count). The van der Waals surface area contributed by atoms with Crippen LogP contribution >= 0.6 is 0 Å². The fourth-order valence-electron chi connectivity index (χ4n) is 2.04. The number of nitriles is 1. The van der Waals surface area contributed by atoms with E-state index in [0.717, 1.165) is 19.3 Å². The SMILES string of the molecule is N#Cc1ccc(NC2(CC(=O)O)CCC2)nc1. The number of carbonyl (C=O) groups is 1. The number of anilines is 1. The molecule has 0 atom stereocenters. The second-order valence-electron chi connectivity index (χ2n) is 4.37. The van der Waals surface area contributed by atoms with Crippen LogP contribution in [0.15, 0.2) is 18.3 Å². The number of hydrogen-bond donors (Lipinski definition) is 2. The summed E-state index contributed by atoms with van der Waals surface area (Å²) >= 11 is 0. The van der Waals surface area contributed by atoms with Crippen LogP contribution in [0.2, 0.25) is 0 Å². The number of hydrogen-bond acceptors (Lipinski definition) is 4. The topological polar surface area (TPSA) is 86.0 Å². The average Bonchev–Trinajstić information content (AvgIpc) is 2.26. The smallest absolute Gasteiger partial charge is 0.305 e. The maximum atomic E-state index is 10.8. The number of nitrogens with zero attached hydrogens (tertiary/aromatic N) is 2. The number of nitrogens with one attached hydrogen (secondary N) is 1. The highest BCUT2D eigenvalue weighted by Crippen LogP contribution is 2.37. The Balaban J connectivity index is 2.08. The summed E-state index contributed by atoms with van der Waals surface area (Å²) in [6, 6.07) is 5.37. The summed E-state index contributed by atoms with van der Waals surface area (Å²) < 4.78 is 0. The van der Waals surface area contributed by atoms with Crippen LogP contribution in [-0.2, 0) is 4.79 Å². The third kappa shape index (κ3) is 2.53. The van der Waals surface area contributed by atoms with Gasteiger partial charge in [-0.1, -0.05) is 0 Å². The second-order valence-corrected chi connectivity index (χ2v) is 4.37. The Kier molecular flexibility index (Phi) is 2.96. The zero-order chi connectivity index (χ0) is 12.3. The summed E-state index contributed by atoms with van der Waals surface area (Å²) in [6.07, 6.45) is 4.32. The van der Waals surface area contributed by atoms with E-state index >= 15 is 0 Å². The quantitative estimate of drug-likeness (QED) is 0.824. The summed E-state index contributed by atoms with van der Waals surface area (Å²) in [5.74, 6) is -0.171. The van der Waals surface area contributed by atoms with Crippen molar-refractivity contribution in [3.63, 3.8) is 0 Å². The van der Waals surface area contributed by atoms with Gasteiger partial charge in [0, 0.05) is 11.7 Å². The molecule has 1 aliphatic carbocycles. The molecule has 88 valence electrons. The lowest BCUT2D eigenvalue weighted by Gasteiger charge is -2.41. The molecule has 5 nitrogen and oxygen atoms in total. The molecule has 0 bridgehead atoms. The fraction of sp³-hybridized carbons (Fsp3) is 0.417. The molecule has 5 heteroatoms. The lowest BCUT2D eigenvalue weighted by Crippen LogP contribution is -2.46. The number of carboxylic acids is 1. The first-order chi connectivity index (χ1) is 8.13. The number of rotatable bonds is 4. The van der Waals surface area contributed by atoms with Crippen LogP contribution < -0.4 is 5.32 Å². The van der Waals surface area contributed by atoms with Crippen molar-refractivity contribution < 1.29 is 9.90 Å². The number of pyridine rings is 1. The molecule has 1 aromatic rings. The molecule has 0 unspecified atom stereocenters. The van der Waals surface area contributed by atoms with E-state index in [4.69, 9.17) is 10.4 Å². The zero-order valence-electron chi connectivity index (χ0n) is 9.31. The van der Waals surface area contributed by atoms with Crippen LogP contribution in [0.1, 0.15) is 31.2 Å². The van der Waals surface area contributed by atoms with Crippen LogP contribution in [0.25, 0.3) is 0 Å². The lowest BCUT2D eigenvalue weighted by molar-refractivity contribution is -0.138. The Morgan fingerprint density at radius 3 is 2.76 bits per heavy atom. The van der Waals surface area contributed by atoms with Gasteiger partial charge in [0.15, 0.2) is 0 Å². The molecule has 1 fully saturated rings. The maximum absolute atomic E-state index is 10.8. The van der Waals surface area contributed by atoms with Crippen LogP contribution in [0, 0.1) is 11.3 Å². The van der Waals surface area contributed by atoms with Crippen molar-refractivity contribution in [1.29, 1.82) is 5.26 Å². The highest BCUT2D eigenvalue weighted by molar-refractivity contribution is 5.69. The molecule has 1 heterocycles. The second kappa shape index (κ2) is 4.42. The van der Waals surface area contributed by atoms with Gasteiger partial charge in [0.1, 0.15) is 11.9 Å². The first-order valence-corrected chi connectivity index (χ1v) is 5.50. The van der Waals surface area contributed by atoms with Crippen molar-refractivity contribution in [2.75, 3.05) is 5.32 Å². The van der Waals surface area contributed by atoms with Crippen LogP contribution in [0.5, 0.6) is 0 Å². The van der Waals surface area contributed by atoms with Gasteiger partial charge in [-0.3, -0.25) is 4.79 Å². The molecular weight excluding hydrogens is 218 g/mol. The molecule has 0 radical (unpaired) electrons. The molecule has 1 aliphatic rings. The molecule has 0 aromatic carbocycles. The Hall–Kier alpha value is -2.09. The molecular formula is C12H13N3O2. The molecule has 17 heavy (non-hydrogen) atoms. The lowest BCUT2D eigenvalue weighted by atomic mass is 9.74. The minimum absolute atomic E-state index is 0.106. The summed E-state index contributed by atoms with van der Waals surface area (Å²) in [5, 5.41) is 20.7. The van der Waals surface area contributed by atoms with E-state index in [1.54, 1.807) is 12.1 Å². The van der Waals surface area contributed by atoms with Gasteiger partial charge in [-0.2, -0.15) is 5.26 Å². The summed E-state index contributed by atoms with van der Waals surface area (Å²) in [5.41, 5.74) is 0.143.